The zero-order valence-electron chi connectivity index (χ0n) is 42.3. The maximum atomic E-state index is 12.7. The third-order valence-corrected chi connectivity index (χ3v) is 11.6. The van der Waals surface area contributed by atoms with E-state index >= 15 is 0 Å². The molecule has 3 N–H and O–H groups in total. The third kappa shape index (κ3) is 51.9. The topological polar surface area (TPSA) is 134 Å². The van der Waals surface area contributed by atoms with E-state index in [0.717, 1.165) is 103 Å². The zero-order valence-corrected chi connectivity index (χ0v) is 43.2. The number of ether oxygens (including phenoxy) is 2. The summed E-state index contributed by atoms with van der Waals surface area (Å²) in [6.07, 6.45) is 69.9. The number of rotatable bonds is 48. The molecule has 0 aliphatic carbocycles. The molecule has 0 spiro atoms. The number of phosphoric ester groups is 1. The van der Waals surface area contributed by atoms with Crippen LogP contribution < -0.4 is 5.73 Å². The van der Waals surface area contributed by atoms with Crippen molar-refractivity contribution >= 4 is 19.8 Å². The van der Waals surface area contributed by atoms with Crippen molar-refractivity contribution in [2.75, 3.05) is 26.4 Å². The minimum Gasteiger partial charge on any atom is -0.462 e. The molecule has 0 radical (unpaired) electrons. The number of esters is 2. The first-order valence-corrected chi connectivity index (χ1v) is 27.9. The van der Waals surface area contributed by atoms with Crippen molar-refractivity contribution in [3.63, 3.8) is 0 Å². The number of carbonyl (C=O) groups is 2. The smallest absolute Gasteiger partial charge is 0.462 e. The Morgan fingerprint density at radius 3 is 1.15 bits per heavy atom. The molecule has 0 aromatic carbocycles. The second-order valence-corrected chi connectivity index (χ2v) is 18.4. The van der Waals surface area contributed by atoms with E-state index in [9.17, 15) is 19.0 Å². The number of carbonyl (C=O) groups excluding carboxylic acids is 2. The second-order valence-electron chi connectivity index (χ2n) is 17.0. The summed E-state index contributed by atoms with van der Waals surface area (Å²) in [5.74, 6) is -0.863. The minimum atomic E-state index is -4.40. The van der Waals surface area contributed by atoms with Crippen molar-refractivity contribution in [1.82, 2.24) is 0 Å². The molecule has 0 bridgehead atoms. The van der Waals surface area contributed by atoms with E-state index in [1.165, 1.54) is 64.2 Å². The van der Waals surface area contributed by atoms with Crippen LogP contribution in [-0.2, 0) is 32.7 Å². The van der Waals surface area contributed by atoms with Crippen molar-refractivity contribution in [2.45, 2.75) is 213 Å². The van der Waals surface area contributed by atoms with Gasteiger partial charge in [0.15, 0.2) is 6.10 Å². The molecule has 67 heavy (non-hydrogen) atoms. The minimum absolute atomic E-state index is 0.0443. The van der Waals surface area contributed by atoms with Crippen molar-refractivity contribution in [3.8, 4) is 0 Å². The summed E-state index contributed by atoms with van der Waals surface area (Å²) in [5, 5.41) is 0. The molecule has 2 unspecified atom stereocenters. The fraction of sp³-hybridized carbons (Fsp3) is 0.649. The standard InChI is InChI=1S/C57H96NO8P/c1-3-5-7-9-11-13-15-17-19-21-22-23-24-25-26-27-28-29-30-31-32-34-36-38-40-42-44-46-48-50-57(60)66-55(54-65-67(61,62)64-52-51-58)53-63-56(59)49-47-45-43-41-39-37-35-33-20-18-16-14-12-10-8-6-4-2/h5-8,11-14,17-20,22-23,25-26,35,37,55H,3-4,9-10,15-16,21,24,27-34,36,38-54,58H2,1-2H3,(H,61,62)/b7-5-,8-6-,13-11-,14-12-,19-17-,20-18-,23-22-,26-25-,37-35-. The summed E-state index contributed by atoms with van der Waals surface area (Å²) in [5.41, 5.74) is 5.37. The van der Waals surface area contributed by atoms with Crippen molar-refractivity contribution in [2.24, 2.45) is 5.73 Å². The molecule has 0 fully saturated rings. The Kier molecular flexibility index (Phi) is 49.5. The summed E-state index contributed by atoms with van der Waals surface area (Å²) >= 11 is 0. The van der Waals surface area contributed by atoms with Gasteiger partial charge in [0.25, 0.3) is 0 Å². The highest BCUT2D eigenvalue weighted by molar-refractivity contribution is 7.47. The van der Waals surface area contributed by atoms with E-state index in [1.807, 2.05) is 0 Å². The van der Waals surface area contributed by atoms with Gasteiger partial charge in [-0.05, 0) is 96.3 Å². The molecule has 0 saturated carbocycles. The van der Waals surface area contributed by atoms with Gasteiger partial charge in [0.2, 0.25) is 0 Å². The fourth-order valence-electron chi connectivity index (χ4n) is 6.83. The molecule has 0 saturated heterocycles. The van der Waals surface area contributed by atoms with E-state index < -0.39 is 32.5 Å². The molecule has 2 atom stereocenters. The largest absolute Gasteiger partial charge is 0.472 e. The number of nitrogens with two attached hydrogens (primary N) is 1. The van der Waals surface area contributed by atoms with Crippen LogP contribution in [0.3, 0.4) is 0 Å². The first kappa shape index (κ1) is 63.7. The van der Waals surface area contributed by atoms with Crippen LogP contribution in [0.5, 0.6) is 0 Å². The van der Waals surface area contributed by atoms with Gasteiger partial charge in [-0.15, -0.1) is 0 Å². The highest BCUT2D eigenvalue weighted by atomic mass is 31.2. The molecule has 9 nitrogen and oxygen atoms in total. The van der Waals surface area contributed by atoms with Crippen LogP contribution in [0, 0.1) is 0 Å². The monoisotopic (exact) mass is 954 g/mol. The number of phosphoric acid groups is 1. The van der Waals surface area contributed by atoms with Crippen LogP contribution >= 0.6 is 7.82 Å². The molecule has 0 aromatic rings. The van der Waals surface area contributed by atoms with Crippen molar-refractivity contribution < 1.29 is 37.6 Å². The Morgan fingerprint density at radius 2 is 0.776 bits per heavy atom. The molecule has 0 heterocycles. The predicted molar refractivity (Wildman–Crippen MR) is 284 cm³/mol. The van der Waals surface area contributed by atoms with Crippen LogP contribution in [-0.4, -0.2) is 49.3 Å². The van der Waals surface area contributed by atoms with E-state index in [1.54, 1.807) is 0 Å². The lowest BCUT2D eigenvalue weighted by Gasteiger charge is -2.19. The van der Waals surface area contributed by atoms with Crippen LogP contribution in [0.4, 0.5) is 0 Å². The summed E-state index contributed by atoms with van der Waals surface area (Å²) in [6.45, 7) is 3.47. The van der Waals surface area contributed by atoms with Gasteiger partial charge in [-0.25, -0.2) is 4.57 Å². The molecular weight excluding hydrogens is 858 g/mol. The number of hydrogen-bond acceptors (Lipinski definition) is 8. The van der Waals surface area contributed by atoms with Crippen LogP contribution in [0.1, 0.15) is 206 Å². The number of unbranched alkanes of at least 4 members (excludes halogenated alkanes) is 17. The molecule has 0 aliphatic rings. The number of allylic oxidation sites excluding steroid dienone is 18. The van der Waals surface area contributed by atoms with Gasteiger partial charge < -0.3 is 20.1 Å². The molecule has 0 rings (SSSR count). The van der Waals surface area contributed by atoms with Gasteiger partial charge in [-0.3, -0.25) is 18.6 Å². The van der Waals surface area contributed by atoms with Gasteiger partial charge >= 0.3 is 19.8 Å². The molecule has 10 heteroatoms. The number of hydrogen-bond donors (Lipinski definition) is 2. The van der Waals surface area contributed by atoms with E-state index in [0.29, 0.717) is 12.8 Å². The predicted octanol–water partition coefficient (Wildman–Crippen LogP) is 16.3. The van der Waals surface area contributed by atoms with Crippen LogP contribution in [0.2, 0.25) is 0 Å². The quantitative estimate of drug-likeness (QED) is 0.0264. The van der Waals surface area contributed by atoms with Crippen LogP contribution in [0.25, 0.3) is 0 Å². The average molecular weight is 954 g/mol. The molecule has 0 aliphatic heterocycles. The lowest BCUT2D eigenvalue weighted by Crippen LogP contribution is -2.29. The Morgan fingerprint density at radius 1 is 0.448 bits per heavy atom. The maximum Gasteiger partial charge on any atom is 0.472 e. The summed E-state index contributed by atoms with van der Waals surface area (Å²) in [4.78, 5) is 35.1. The molecule has 0 aromatic heterocycles. The van der Waals surface area contributed by atoms with Crippen molar-refractivity contribution in [1.29, 1.82) is 0 Å². The SMILES string of the molecule is CC/C=C\C/C=C\C/C=C\C/C=C\C/C=C\CCCCCCCCCCCCCCCC(=O)OC(COC(=O)CCCCCC/C=C\C/C=C\C/C=C\C/C=C\CC)COP(=O)(O)OCCN. The normalized spacial score (nSPS) is 14.0. The highest BCUT2D eigenvalue weighted by Crippen LogP contribution is 2.43. The van der Waals surface area contributed by atoms with E-state index in [-0.39, 0.29) is 32.6 Å². The Labute approximate surface area is 409 Å². The molecular formula is C57H96NO8P. The Hall–Kier alpha value is -3.33. The lowest BCUT2D eigenvalue weighted by atomic mass is 10.0. The highest BCUT2D eigenvalue weighted by Gasteiger charge is 2.26. The summed E-state index contributed by atoms with van der Waals surface area (Å²) in [6, 6.07) is 0. The van der Waals surface area contributed by atoms with Gasteiger partial charge in [-0.1, -0.05) is 207 Å². The molecule has 0 amide bonds. The summed E-state index contributed by atoms with van der Waals surface area (Å²) in [7, 11) is -4.40. The zero-order chi connectivity index (χ0) is 48.8. The van der Waals surface area contributed by atoms with Gasteiger partial charge in [0.1, 0.15) is 6.61 Å². The Bertz CT molecular complexity index is 1460. The summed E-state index contributed by atoms with van der Waals surface area (Å²) < 4.78 is 32.9. The van der Waals surface area contributed by atoms with Gasteiger partial charge in [0, 0.05) is 19.4 Å². The fourth-order valence-corrected chi connectivity index (χ4v) is 7.59. The van der Waals surface area contributed by atoms with Crippen LogP contribution in [0.15, 0.2) is 109 Å². The first-order valence-electron chi connectivity index (χ1n) is 26.4. The lowest BCUT2D eigenvalue weighted by molar-refractivity contribution is -0.161. The first-order chi connectivity index (χ1) is 32.8. The van der Waals surface area contributed by atoms with Gasteiger partial charge in [0.05, 0.1) is 13.2 Å². The van der Waals surface area contributed by atoms with E-state index in [4.69, 9.17) is 24.3 Å². The molecule has 382 valence electrons. The van der Waals surface area contributed by atoms with E-state index in [2.05, 4.69) is 123 Å². The third-order valence-electron chi connectivity index (χ3n) is 10.7. The van der Waals surface area contributed by atoms with Crippen molar-refractivity contribution in [3.05, 3.63) is 109 Å². The Balaban J connectivity index is 4.04. The maximum absolute atomic E-state index is 12.7. The average Bonchev–Trinajstić information content (AvgIpc) is 3.32. The van der Waals surface area contributed by atoms with Gasteiger partial charge in [-0.2, -0.15) is 0 Å². The second kappa shape index (κ2) is 52.0.